The summed E-state index contributed by atoms with van der Waals surface area (Å²) < 4.78 is 2.10. The van der Waals surface area contributed by atoms with Crippen LogP contribution in [0.25, 0.3) is 11.4 Å². The number of benzene rings is 1. The van der Waals surface area contributed by atoms with E-state index in [1.165, 1.54) is 5.56 Å². The van der Waals surface area contributed by atoms with Gasteiger partial charge < -0.3 is 5.11 Å². The molecule has 1 aliphatic heterocycles. The number of carboxylic acid groups (broad SMARTS) is 1. The first-order chi connectivity index (χ1) is 10.6. The highest BCUT2D eigenvalue weighted by molar-refractivity contribution is 7.99. The molecule has 0 fully saturated rings. The number of carboxylic acids is 1. The predicted molar refractivity (Wildman–Crippen MR) is 84.5 cm³/mol. The van der Waals surface area contributed by atoms with Gasteiger partial charge >= 0.3 is 5.97 Å². The van der Waals surface area contributed by atoms with Crippen molar-refractivity contribution in [2.75, 3.05) is 12.4 Å². The molecule has 0 unspecified atom stereocenters. The van der Waals surface area contributed by atoms with Crippen LogP contribution in [-0.2, 0) is 11.5 Å². The number of aliphatic carboxylic acids is 1. The molecule has 2 aromatic rings. The van der Waals surface area contributed by atoms with Gasteiger partial charge in [-0.3, -0.25) is 14.3 Å². The molecule has 0 atom stereocenters. The van der Waals surface area contributed by atoms with Crippen molar-refractivity contribution in [3.8, 4) is 11.4 Å². The van der Waals surface area contributed by atoms with Crippen LogP contribution in [0.2, 0.25) is 0 Å². The number of carbonyl (C=O) groups is 1. The van der Waals surface area contributed by atoms with Gasteiger partial charge in [0.05, 0.1) is 12.5 Å². The van der Waals surface area contributed by atoms with Crippen LogP contribution in [0.4, 0.5) is 0 Å². The quantitative estimate of drug-likeness (QED) is 0.913. The molecule has 2 heterocycles. The number of thioether (sulfide) groups is 1. The Morgan fingerprint density at radius 3 is 2.82 bits per heavy atom. The zero-order chi connectivity index (χ0) is 15.5. The zero-order valence-corrected chi connectivity index (χ0v) is 13.2. The molecule has 6 nitrogen and oxygen atoms in total. The molecular formula is C15H18N4O2S. The fraction of sp³-hybridized carbons (Fsp3) is 0.400. The number of fused-ring (bicyclic) bond motifs is 1. The lowest BCUT2D eigenvalue weighted by atomic mass is 10.1. The van der Waals surface area contributed by atoms with Crippen LogP contribution >= 0.6 is 11.8 Å². The molecule has 0 saturated heterocycles. The Balaban J connectivity index is 1.74. The van der Waals surface area contributed by atoms with Gasteiger partial charge in [0.2, 0.25) is 0 Å². The minimum atomic E-state index is -0.741. The summed E-state index contributed by atoms with van der Waals surface area (Å²) in [4.78, 5) is 12.8. The third-order valence-corrected chi connectivity index (χ3v) is 4.66. The fourth-order valence-corrected chi connectivity index (χ4v) is 3.33. The Morgan fingerprint density at radius 2 is 2.09 bits per heavy atom. The molecule has 0 saturated carbocycles. The first-order valence-corrected chi connectivity index (χ1v) is 8.19. The van der Waals surface area contributed by atoms with Crippen molar-refractivity contribution in [2.24, 2.45) is 0 Å². The first kappa shape index (κ1) is 15.1. The predicted octanol–water partition coefficient (Wildman–Crippen LogP) is 2.44. The molecule has 22 heavy (non-hydrogen) atoms. The third kappa shape index (κ3) is 3.31. The summed E-state index contributed by atoms with van der Waals surface area (Å²) >= 11 is 1.64. The van der Waals surface area contributed by atoms with Crippen LogP contribution in [0.15, 0.2) is 29.4 Å². The molecular weight excluding hydrogens is 300 g/mol. The molecule has 3 rings (SSSR count). The van der Waals surface area contributed by atoms with E-state index in [4.69, 9.17) is 5.11 Å². The number of hydrogen-bond acceptors (Lipinski definition) is 5. The first-order valence-electron chi connectivity index (χ1n) is 7.20. The van der Waals surface area contributed by atoms with Gasteiger partial charge in [0, 0.05) is 18.5 Å². The third-order valence-electron chi connectivity index (χ3n) is 3.61. The zero-order valence-electron chi connectivity index (χ0n) is 12.4. The number of aromatic nitrogens is 3. The average molecular weight is 318 g/mol. The normalized spacial score (nSPS) is 14.8. The van der Waals surface area contributed by atoms with E-state index in [-0.39, 0.29) is 6.42 Å². The summed E-state index contributed by atoms with van der Waals surface area (Å²) in [5.41, 5.74) is 2.27. The number of rotatable bonds is 5. The largest absolute Gasteiger partial charge is 0.481 e. The smallest absolute Gasteiger partial charge is 0.303 e. The lowest BCUT2D eigenvalue weighted by Crippen LogP contribution is -2.31. The van der Waals surface area contributed by atoms with E-state index in [9.17, 15) is 4.79 Å². The van der Waals surface area contributed by atoms with Crippen molar-refractivity contribution < 1.29 is 9.90 Å². The van der Waals surface area contributed by atoms with E-state index in [1.807, 2.05) is 0 Å². The molecule has 0 spiro atoms. The summed E-state index contributed by atoms with van der Waals surface area (Å²) in [6.45, 7) is 3.53. The highest BCUT2D eigenvalue weighted by atomic mass is 32.2. The van der Waals surface area contributed by atoms with Gasteiger partial charge in [0.25, 0.3) is 0 Å². The van der Waals surface area contributed by atoms with Crippen molar-refractivity contribution in [3.05, 3.63) is 29.8 Å². The second-order valence-electron chi connectivity index (χ2n) is 5.41. The van der Waals surface area contributed by atoms with Crippen molar-refractivity contribution in [2.45, 2.75) is 31.6 Å². The monoisotopic (exact) mass is 318 g/mol. The Morgan fingerprint density at radius 1 is 1.32 bits per heavy atom. The highest BCUT2D eigenvalue weighted by Crippen LogP contribution is 2.29. The molecule has 1 aromatic heterocycles. The molecule has 1 aromatic carbocycles. The molecule has 0 radical (unpaired) electrons. The highest BCUT2D eigenvalue weighted by Gasteiger charge is 2.22. The Kier molecular flexibility index (Phi) is 4.44. The second-order valence-corrected chi connectivity index (χ2v) is 6.32. The minimum Gasteiger partial charge on any atom is -0.481 e. The van der Waals surface area contributed by atoms with E-state index in [2.05, 4.69) is 50.9 Å². The summed E-state index contributed by atoms with van der Waals surface area (Å²) in [6.07, 6.45) is 0.869. The molecule has 1 N–H and O–H groups in total. The molecule has 7 heteroatoms. The number of aryl methyl sites for hydroxylation is 1. The standard InChI is InChI=1S/C15H18N4O2S/c1-11-4-6-12(7-5-11)14-16-17-15-19(14)9-18(10-22-15)8-2-3-13(20)21/h4-7H,2-3,8-10H2,1H3,(H,20,21). The van der Waals surface area contributed by atoms with Crippen molar-refractivity contribution >= 4 is 17.7 Å². The molecule has 116 valence electrons. The maximum absolute atomic E-state index is 10.6. The van der Waals surface area contributed by atoms with E-state index >= 15 is 0 Å². The van der Waals surface area contributed by atoms with Crippen LogP contribution < -0.4 is 0 Å². The lowest BCUT2D eigenvalue weighted by molar-refractivity contribution is -0.137. The fourth-order valence-electron chi connectivity index (χ4n) is 2.42. The SMILES string of the molecule is Cc1ccc(-c2nnc3n2CN(CCCC(=O)O)CS3)cc1. The molecule has 0 amide bonds. The van der Waals surface area contributed by atoms with Crippen LogP contribution in [-0.4, -0.2) is 43.2 Å². The van der Waals surface area contributed by atoms with Gasteiger partial charge in [0.1, 0.15) is 0 Å². The molecule has 0 aliphatic carbocycles. The maximum atomic E-state index is 10.6. The summed E-state index contributed by atoms with van der Waals surface area (Å²) in [5.74, 6) is 0.950. The Bertz CT molecular complexity index is 669. The van der Waals surface area contributed by atoms with Gasteiger partial charge in [-0.2, -0.15) is 0 Å². The van der Waals surface area contributed by atoms with Crippen LogP contribution in [0, 0.1) is 6.92 Å². The van der Waals surface area contributed by atoms with Crippen molar-refractivity contribution in [1.82, 2.24) is 19.7 Å². The minimum absolute atomic E-state index is 0.209. The second kappa shape index (κ2) is 6.50. The van der Waals surface area contributed by atoms with Gasteiger partial charge in [-0.05, 0) is 13.3 Å². The topological polar surface area (TPSA) is 71.2 Å². The average Bonchev–Trinajstić information content (AvgIpc) is 2.91. The van der Waals surface area contributed by atoms with Crippen LogP contribution in [0.1, 0.15) is 18.4 Å². The van der Waals surface area contributed by atoms with E-state index < -0.39 is 5.97 Å². The van der Waals surface area contributed by atoms with E-state index in [1.54, 1.807) is 11.8 Å². The van der Waals surface area contributed by atoms with Crippen LogP contribution in [0.3, 0.4) is 0 Å². The molecule has 1 aliphatic rings. The van der Waals surface area contributed by atoms with Crippen LogP contribution in [0.5, 0.6) is 0 Å². The van der Waals surface area contributed by atoms with Crippen molar-refractivity contribution in [3.63, 3.8) is 0 Å². The molecule has 0 bridgehead atoms. The van der Waals surface area contributed by atoms with E-state index in [0.29, 0.717) is 13.1 Å². The van der Waals surface area contributed by atoms with Gasteiger partial charge in [-0.15, -0.1) is 10.2 Å². The summed E-state index contributed by atoms with van der Waals surface area (Å²) in [6, 6.07) is 8.25. The Hall–Kier alpha value is -1.86. The maximum Gasteiger partial charge on any atom is 0.303 e. The summed E-state index contributed by atoms with van der Waals surface area (Å²) in [7, 11) is 0. The van der Waals surface area contributed by atoms with E-state index in [0.717, 1.165) is 29.0 Å². The number of nitrogens with zero attached hydrogens (tertiary/aromatic N) is 4. The number of hydrogen-bond donors (Lipinski definition) is 1. The van der Waals surface area contributed by atoms with Gasteiger partial charge in [-0.1, -0.05) is 41.6 Å². The summed E-state index contributed by atoms with van der Waals surface area (Å²) in [5, 5.41) is 18.2. The van der Waals surface area contributed by atoms with Gasteiger partial charge in [-0.25, -0.2) is 0 Å². The van der Waals surface area contributed by atoms with Crippen molar-refractivity contribution in [1.29, 1.82) is 0 Å². The van der Waals surface area contributed by atoms with Gasteiger partial charge in [0.15, 0.2) is 11.0 Å². The lowest BCUT2D eigenvalue weighted by Gasteiger charge is -2.27. The Labute approximate surface area is 133 Å².